The minimum atomic E-state index is 0.905. The minimum absolute atomic E-state index is 0.905. The molecule has 0 atom stereocenters. The summed E-state index contributed by atoms with van der Waals surface area (Å²) >= 11 is 0. The lowest BCUT2D eigenvalue weighted by molar-refractivity contribution is 0.669. The Morgan fingerprint density at radius 2 is 0.731 bits per heavy atom. The predicted octanol–water partition coefficient (Wildman–Crippen LogP) is 18.0. The number of furan rings is 1. The maximum absolute atomic E-state index is 6.24. The van der Waals surface area contributed by atoms with Crippen molar-refractivity contribution >= 4 is 71.6 Å². The molecule has 2 aromatic heterocycles. The van der Waals surface area contributed by atoms with E-state index in [-0.39, 0.29) is 0 Å². The van der Waals surface area contributed by atoms with Gasteiger partial charge in [-0.2, -0.15) is 0 Å². The molecule has 0 fully saturated rings. The Labute approximate surface area is 388 Å². The highest BCUT2D eigenvalue weighted by molar-refractivity contribution is 6.09. The maximum atomic E-state index is 6.24. The molecule has 2 heterocycles. The second-order valence-electron chi connectivity index (χ2n) is 17.3. The van der Waals surface area contributed by atoms with Gasteiger partial charge in [-0.25, -0.2) is 0 Å². The smallest absolute Gasteiger partial charge is 0.136 e. The number of nitrogens with zero attached hydrogens (tertiary/aromatic N) is 2. The van der Waals surface area contributed by atoms with Gasteiger partial charge in [-0.3, -0.25) is 0 Å². The number of anilines is 3. The van der Waals surface area contributed by atoms with E-state index >= 15 is 0 Å². The largest absolute Gasteiger partial charge is 0.456 e. The van der Waals surface area contributed by atoms with Crippen LogP contribution in [0.4, 0.5) is 17.1 Å². The molecule has 3 heteroatoms. The van der Waals surface area contributed by atoms with Crippen LogP contribution in [0.2, 0.25) is 0 Å². The van der Waals surface area contributed by atoms with Crippen molar-refractivity contribution in [3.05, 3.63) is 255 Å². The monoisotopic (exact) mass is 854 g/mol. The summed E-state index contributed by atoms with van der Waals surface area (Å²) in [7, 11) is 0. The summed E-state index contributed by atoms with van der Waals surface area (Å²) in [6, 6.07) is 91.9. The second-order valence-corrected chi connectivity index (χ2v) is 17.3. The molecule has 314 valence electrons. The van der Waals surface area contributed by atoms with Crippen LogP contribution in [0.5, 0.6) is 0 Å². The van der Waals surface area contributed by atoms with Gasteiger partial charge in [0.1, 0.15) is 11.2 Å². The lowest BCUT2D eigenvalue weighted by Gasteiger charge is -2.26. The van der Waals surface area contributed by atoms with E-state index < -0.39 is 0 Å². The number of rotatable bonds is 8. The zero-order valence-corrected chi connectivity index (χ0v) is 36.6. The van der Waals surface area contributed by atoms with E-state index in [0.29, 0.717) is 0 Å². The van der Waals surface area contributed by atoms with Gasteiger partial charge in [0.15, 0.2) is 0 Å². The number of fused-ring (bicyclic) bond motifs is 7. The topological polar surface area (TPSA) is 21.3 Å². The van der Waals surface area contributed by atoms with Crippen LogP contribution >= 0.6 is 0 Å². The highest BCUT2D eigenvalue weighted by Gasteiger charge is 2.16. The fourth-order valence-electron chi connectivity index (χ4n) is 10.0. The zero-order valence-electron chi connectivity index (χ0n) is 36.6. The van der Waals surface area contributed by atoms with Crippen LogP contribution in [0.3, 0.4) is 0 Å². The molecule has 3 nitrogen and oxygen atoms in total. The van der Waals surface area contributed by atoms with Crippen LogP contribution in [0, 0.1) is 0 Å². The molecule has 0 radical (unpaired) electrons. The van der Waals surface area contributed by atoms with Gasteiger partial charge in [0.2, 0.25) is 0 Å². The SMILES string of the molecule is c1cc(-c2ccc(N(c3ccc(-c4ccc(-c5cccc(-n6c7ccccc7c7ccccc76)c5)cc4)cc3)c3ccc4ccccc4c3)cc2)cc(-c2ccc3c(c2)oc2ccccc23)c1. The van der Waals surface area contributed by atoms with Crippen LogP contribution in [0.15, 0.2) is 259 Å². The lowest BCUT2D eigenvalue weighted by Crippen LogP contribution is -2.09. The summed E-state index contributed by atoms with van der Waals surface area (Å²) < 4.78 is 8.62. The van der Waals surface area contributed by atoms with Crippen molar-refractivity contribution in [3.63, 3.8) is 0 Å². The van der Waals surface area contributed by atoms with Crippen LogP contribution in [0.1, 0.15) is 0 Å². The molecule has 11 aromatic carbocycles. The van der Waals surface area contributed by atoms with Crippen molar-refractivity contribution in [2.45, 2.75) is 0 Å². The Kier molecular flexibility index (Phi) is 9.17. The molecule has 0 saturated heterocycles. The third-order valence-corrected chi connectivity index (χ3v) is 13.4. The summed E-state index contributed by atoms with van der Waals surface area (Å²) in [5, 5.41) is 7.25. The molecule has 13 rings (SSSR count). The molecule has 0 amide bonds. The van der Waals surface area contributed by atoms with Gasteiger partial charge in [-0.1, -0.05) is 170 Å². The van der Waals surface area contributed by atoms with Crippen molar-refractivity contribution in [1.29, 1.82) is 0 Å². The summed E-state index contributed by atoms with van der Waals surface area (Å²) in [6.45, 7) is 0. The Balaban J connectivity index is 0.799. The quantitative estimate of drug-likeness (QED) is 0.152. The molecular weight excluding hydrogens is 813 g/mol. The Hall–Kier alpha value is -8.92. The Morgan fingerprint density at radius 1 is 0.269 bits per heavy atom. The van der Waals surface area contributed by atoms with E-state index in [1.807, 2.05) is 12.1 Å². The normalized spacial score (nSPS) is 11.6. The van der Waals surface area contributed by atoms with E-state index in [4.69, 9.17) is 4.42 Å². The van der Waals surface area contributed by atoms with Gasteiger partial charge in [-0.05, 0) is 140 Å². The highest BCUT2D eigenvalue weighted by Crippen LogP contribution is 2.40. The van der Waals surface area contributed by atoms with Crippen LogP contribution < -0.4 is 4.90 Å². The number of para-hydroxylation sites is 3. The van der Waals surface area contributed by atoms with E-state index in [9.17, 15) is 0 Å². The molecule has 67 heavy (non-hydrogen) atoms. The van der Waals surface area contributed by atoms with Crippen molar-refractivity contribution in [2.24, 2.45) is 0 Å². The molecular formula is C64H42N2O. The fraction of sp³-hybridized carbons (Fsp3) is 0. The summed E-state index contributed by atoms with van der Waals surface area (Å²) in [5.74, 6) is 0. The van der Waals surface area contributed by atoms with Crippen molar-refractivity contribution < 1.29 is 4.42 Å². The highest BCUT2D eigenvalue weighted by atomic mass is 16.3. The molecule has 0 unspecified atom stereocenters. The van der Waals surface area contributed by atoms with Crippen LogP contribution in [0.25, 0.3) is 105 Å². The van der Waals surface area contributed by atoms with Crippen molar-refractivity contribution in [3.8, 4) is 50.2 Å². The maximum Gasteiger partial charge on any atom is 0.136 e. The van der Waals surface area contributed by atoms with Gasteiger partial charge in [0, 0.05) is 44.3 Å². The van der Waals surface area contributed by atoms with Gasteiger partial charge in [0.25, 0.3) is 0 Å². The first-order valence-electron chi connectivity index (χ1n) is 22.9. The molecule has 0 spiro atoms. The fourth-order valence-corrected chi connectivity index (χ4v) is 10.0. The van der Waals surface area contributed by atoms with Gasteiger partial charge < -0.3 is 13.9 Å². The third-order valence-electron chi connectivity index (χ3n) is 13.4. The standard InChI is InChI=1S/C64H42N2O/c1-2-12-50-41-56(37-31-43(50)11-1)65(54-35-29-47(30-36-54)48-13-9-14-49(39-48)52-32-38-60-59-19-5-8-22-63(59)67-64(60)42-52)53-33-27-45(28-34-53)44-23-25-46(26-24-44)51-15-10-16-55(40-51)66-61-20-6-3-17-57(61)58-18-4-7-21-62(58)66/h1-42H. The summed E-state index contributed by atoms with van der Waals surface area (Å²) in [5.41, 5.74) is 18.0. The van der Waals surface area contributed by atoms with Gasteiger partial charge >= 0.3 is 0 Å². The molecule has 0 aliphatic carbocycles. The predicted molar refractivity (Wildman–Crippen MR) is 282 cm³/mol. The first-order chi connectivity index (χ1) is 33.2. The van der Waals surface area contributed by atoms with Gasteiger partial charge in [-0.15, -0.1) is 0 Å². The van der Waals surface area contributed by atoms with Crippen LogP contribution in [-0.4, -0.2) is 4.57 Å². The zero-order chi connectivity index (χ0) is 44.3. The molecule has 0 bridgehead atoms. The number of aromatic nitrogens is 1. The van der Waals surface area contributed by atoms with E-state index in [0.717, 1.165) is 66.9 Å². The molecule has 0 aliphatic rings. The van der Waals surface area contributed by atoms with E-state index in [1.54, 1.807) is 0 Å². The third kappa shape index (κ3) is 6.84. The number of hydrogen-bond acceptors (Lipinski definition) is 2. The van der Waals surface area contributed by atoms with Gasteiger partial charge in [0.05, 0.1) is 11.0 Å². The lowest BCUT2D eigenvalue weighted by atomic mass is 9.98. The average molecular weight is 855 g/mol. The first kappa shape index (κ1) is 38.5. The van der Waals surface area contributed by atoms with Crippen molar-refractivity contribution in [2.75, 3.05) is 4.90 Å². The average Bonchev–Trinajstić information content (AvgIpc) is 3.95. The molecule has 13 aromatic rings. The summed E-state index contributed by atoms with van der Waals surface area (Å²) in [4.78, 5) is 2.35. The van der Waals surface area contributed by atoms with Crippen molar-refractivity contribution in [1.82, 2.24) is 4.57 Å². The van der Waals surface area contributed by atoms with Crippen LogP contribution in [-0.2, 0) is 0 Å². The molecule has 0 N–H and O–H groups in total. The minimum Gasteiger partial charge on any atom is -0.456 e. The Morgan fingerprint density at radius 3 is 1.40 bits per heavy atom. The summed E-state index contributed by atoms with van der Waals surface area (Å²) in [6.07, 6.45) is 0. The van der Waals surface area contributed by atoms with E-state index in [1.165, 1.54) is 54.8 Å². The Bertz CT molecular complexity index is 3920. The molecule has 0 saturated carbocycles. The number of hydrogen-bond donors (Lipinski definition) is 0. The number of benzene rings is 11. The van der Waals surface area contributed by atoms with E-state index in [2.05, 4.69) is 252 Å². The second kappa shape index (κ2) is 16.0. The molecule has 0 aliphatic heterocycles. The first-order valence-corrected chi connectivity index (χ1v) is 22.9.